The minimum absolute atomic E-state index is 0.0192. The molecule has 0 bridgehead atoms. The van der Waals surface area contributed by atoms with Crippen LogP contribution in [0.2, 0.25) is 5.02 Å². The van der Waals surface area contributed by atoms with Crippen molar-refractivity contribution in [3.63, 3.8) is 0 Å². The molecule has 1 atom stereocenters. The van der Waals surface area contributed by atoms with Crippen molar-refractivity contribution >= 4 is 50.8 Å². The van der Waals surface area contributed by atoms with Crippen molar-refractivity contribution in [3.05, 3.63) is 44.1 Å². The highest BCUT2D eigenvalue weighted by molar-refractivity contribution is 9.10. The molecule has 1 aromatic carbocycles. The molecule has 2 heterocycles. The molecule has 0 saturated heterocycles. The van der Waals surface area contributed by atoms with Crippen LogP contribution in [0.25, 0.3) is 0 Å². The number of nitriles is 2. The highest BCUT2D eigenvalue weighted by Crippen LogP contribution is 2.42. The second-order valence-electron chi connectivity index (χ2n) is 5.17. The molecule has 3 rings (SSSR count). The lowest BCUT2D eigenvalue weighted by molar-refractivity contribution is 0.599. The van der Waals surface area contributed by atoms with Crippen LogP contribution in [0.4, 0.5) is 21.7 Å². The number of aliphatic imine (C=N–C) groups is 1. The van der Waals surface area contributed by atoms with Gasteiger partial charge in [-0.05, 0) is 22.0 Å². The molecule has 1 aromatic heterocycles. The fraction of sp³-hybridized carbons (Fsp3) is 0.0667. The molecule has 26 heavy (non-hydrogen) atoms. The van der Waals surface area contributed by atoms with E-state index in [1.165, 1.54) is 6.07 Å². The maximum atomic E-state index is 14.8. The van der Waals surface area contributed by atoms with E-state index in [2.05, 4.69) is 36.5 Å². The molecule has 0 amide bonds. The number of hydrogen-bond acceptors (Lipinski definition) is 8. The maximum Gasteiger partial charge on any atom is 0.211 e. The minimum atomic E-state index is -0.993. The van der Waals surface area contributed by atoms with Gasteiger partial charge in [0.1, 0.15) is 35.1 Å². The normalized spacial score (nSPS) is 15.1. The van der Waals surface area contributed by atoms with E-state index in [0.29, 0.717) is 4.47 Å². The van der Waals surface area contributed by atoms with Crippen molar-refractivity contribution < 1.29 is 4.39 Å². The molecule has 8 nitrogen and oxygen atoms in total. The Morgan fingerprint density at radius 2 is 2.08 bits per heavy atom. The Balaban J connectivity index is 2.31. The van der Waals surface area contributed by atoms with Gasteiger partial charge in [0.2, 0.25) is 5.96 Å². The molecular weight excluding hydrogens is 427 g/mol. The van der Waals surface area contributed by atoms with Gasteiger partial charge >= 0.3 is 0 Å². The van der Waals surface area contributed by atoms with Crippen LogP contribution in [0.15, 0.2) is 21.6 Å². The van der Waals surface area contributed by atoms with Crippen LogP contribution in [-0.2, 0) is 0 Å². The minimum Gasteiger partial charge on any atom is -0.397 e. The fourth-order valence-corrected chi connectivity index (χ4v) is 3.04. The molecule has 1 unspecified atom stereocenters. The Kier molecular flexibility index (Phi) is 4.55. The number of halogens is 3. The van der Waals surface area contributed by atoms with Crippen molar-refractivity contribution in [1.29, 1.82) is 10.5 Å². The number of nitrogens with two attached hydrogens (primary N) is 2. The van der Waals surface area contributed by atoms with E-state index in [1.807, 2.05) is 6.07 Å². The van der Waals surface area contributed by atoms with E-state index in [4.69, 9.17) is 28.3 Å². The summed E-state index contributed by atoms with van der Waals surface area (Å²) in [5.74, 6) is -0.620. The van der Waals surface area contributed by atoms with E-state index in [9.17, 15) is 9.65 Å². The summed E-state index contributed by atoms with van der Waals surface area (Å²) < 4.78 is 15.1. The van der Waals surface area contributed by atoms with Crippen molar-refractivity contribution in [3.8, 4) is 12.3 Å². The van der Waals surface area contributed by atoms with Crippen LogP contribution in [0.1, 0.15) is 22.7 Å². The van der Waals surface area contributed by atoms with Gasteiger partial charge in [-0.3, -0.25) is 5.32 Å². The van der Waals surface area contributed by atoms with Crippen LogP contribution in [-0.4, -0.2) is 10.9 Å². The Morgan fingerprint density at radius 1 is 1.35 bits per heavy atom. The van der Waals surface area contributed by atoms with Gasteiger partial charge in [0.25, 0.3) is 0 Å². The molecule has 1 aliphatic rings. The van der Waals surface area contributed by atoms with E-state index < -0.39 is 11.9 Å². The number of nitrogen functional groups attached to an aromatic ring is 2. The lowest BCUT2D eigenvalue weighted by Gasteiger charge is -2.26. The Labute approximate surface area is 160 Å². The Morgan fingerprint density at radius 3 is 2.73 bits per heavy atom. The van der Waals surface area contributed by atoms with Crippen molar-refractivity contribution in [1.82, 2.24) is 10.3 Å². The molecule has 0 saturated carbocycles. The quantitative estimate of drug-likeness (QED) is 0.305. The predicted octanol–water partition coefficient (Wildman–Crippen LogP) is 2.61. The standard InChI is InChI=1S/C15H9BrClFN8/c16-7-2-1-5(10(18)9(7)17)12-8-11(21)6(3-19)13(22)25-14(8)26-15(24-12)23-4-20/h1-2,12H,(H6,21,22,23,24,25,26). The summed E-state index contributed by atoms with van der Waals surface area (Å²) in [5, 5.41) is 23.1. The third-order valence-electron chi connectivity index (χ3n) is 3.72. The van der Waals surface area contributed by atoms with Crippen LogP contribution >= 0.6 is 27.5 Å². The van der Waals surface area contributed by atoms with E-state index >= 15 is 0 Å². The van der Waals surface area contributed by atoms with Crippen LogP contribution in [0.3, 0.4) is 0 Å². The van der Waals surface area contributed by atoms with E-state index in [-0.39, 0.29) is 45.0 Å². The van der Waals surface area contributed by atoms with Crippen LogP contribution in [0, 0.1) is 28.6 Å². The molecule has 1 aliphatic heterocycles. The first-order valence-corrected chi connectivity index (χ1v) is 8.18. The zero-order chi connectivity index (χ0) is 19.0. The van der Waals surface area contributed by atoms with Gasteiger partial charge in [0.05, 0.1) is 10.7 Å². The topological polar surface area (TPSA) is 149 Å². The van der Waals surface area contributed by atoms with Gasteiger partial charge in [0, 0.05) is 15.6 Å². The van der Waals surface area contributed by atoms with Gasteiger partial charge in [-0.2, -0.15) is 10.5 Å². The van der Waals surface area contributed by atoms with Gasteiger partial charge in [-0.15, -0.1) is 0 Å². The van der Waals surface area contributed by atoms with Crippen molar-refractivity contribution in [2.45, 2.75) is 6.04 Å². The number of pyridine rings is 1. The molecule has 130 valence electrons. The second kappa shape index (κ2) is 6.67. The van der Waals surface area contributed by atoms with Crippen molar-refractivity contribution in [2.24, 2.45) is 4.99 Å². The lowest BCUT2D eigenvalue weighted by Crippen LogP contribution is -2.33. The molecule has 0 aliphatic carbocycles. The Hall–Kier alpha value is -3.08. The second-order valence-corrected chi connectivity index (χ2v) is 6.40. The van der Waals surface area contributed by atoms with Gasteiger partial charge < -0.3 is 16.8 Å². The third-order valence-corrected chi connectivity index (χ3v) is 4.98. The highest BCUT2D eigenvalue weighted by Gasteiger charge is 2.32. The molecular formula is C15H9BrClFN8. The first-order chi connectivity index (χ1) is 12.4. The number of nitrogens with zero attached hydrogens (tertiary/aromatic N) is 4. The number of aromatic nitrogens is 1. The summed E-state index contributed by atoms with van der Waals surface area (Å²) >= 11 is 9.12. The number of hydrogen-bond donors (Lipinski definition) is 4. The summed E-state index contributed by atoms with van der Waals surface area (Å²) in [5.41, 5.74) is 12.2. The SMILES string of the molecule is N#CNC1=NC(c2ccc(Br)c(Cl)c2F)c2c(nc(N)c(C#N)c2N)N1. The predicted molar refractivity (Wildman–Crippen MR) is 98.5 cm³/mol. The molecule has 6 N–H and O–H groups in total. The summed E-state index contributed by atoms with van der Waals surface area (Å²) in [4.78, 5) is 8.36. The molecule has 0 radical (unpaired) electrons. The molecule has 0 fully saturated rings. The number of nitrogens with one attached hydrogen (secondary N) is 2. The average molecular weight is 436 g/mol. The highest BCUT2D eigenvalue weighted by atomic mass is 79.9. The summed E-state index contributed by atoms with van der Waals surface area (Å²) in [6.07, 6.45) is 1.71. The summed E-state index contributed by atoms with van der Waals surface area (Å²) in [7, 11) is 0. The van der Waals surface area contributed by atoms with Gasteiger partial charge in [-0.1, -0.05) is 17.7 Å². The maximum absolute atomic E-state index is 14.8. The zero-order valence-electron chi connectivity index (χ0n) is 12.8. The average Bonchev–Trinajstić information content (AvgIpc) is 2.59. The van der Waals surface area contributed by atoms with E-state index in [1.54, 1.807) is 12.3 Å². The number of anilines is 3. The van der Waals surface area contributed by atoms with Gasteiger partial charge in [-0.25, -0.2) is 14.4 Å². The number of fused-ring (bicyclic) bond motifs is 1. The van der Waals surface area contributed by atoms with Crippen LogP contribution in [0.5, 0.6) is 0 Å². The summed E-state index contributed by atoms with van der Waals surface area (Å²) in [6, 6.07) is 3.91. The number of rotatable bonds is 1. The third kappa shape index (κ3) is 2.75. The molecule has 11 heteroatoms. The number of guanidine groups is 1. The first kappa shape index (κ1) is 17.7. The first-order valence-electron chi connectivity index (χ1n) is 7.01. The smallest absolute Gasteiger partial charge is 0.211 e. The fourth-order valence-electron chi connectivity index (χ4n) is 2.56. The molecule has 2 aromatic rings. The van der Waals surface area contributed by atoms with Gasteiger partial charge in [0.15, 0.2) is 6.19 Å². The van der Waals surface area contributed by atoms with Crippen LogP contribution < -0.4 is 22.1 Å². The monoisotopic (exact) mass is 434 g/mol. The van der Waals surface area contributed by atoms with E-state index in [0.717, 1.165) is 0 Å². The largest absolute Gasteiger partial charge is 0.397 e. The zero-order valence-corrected chi connectivity index (χ0v) is 15.2. The summed E-state index contributed by atoms with van der Waals surface area (Å²) in [6.45, 7) is 0. The Bertz CT molecular complexity index is 1040. The molecule has 0 spiro atoms. The number of benzene rings is 1. The lowest BCUT2D eigenvalue weighted by atomic mass is 9.95. The van der Waals surface area contributed by atoms with Crippen molar-refractivity contribution in [2.75, 3.05) is 16.8 Å².